The molecule has 0 saturated heterocycles. The standard InChI is InChI=1S/C7H14N2O5/c8-4-3-7(10)13-5-1-2-6-14-9(11)12/h1-6,8H2. The maximum absolute atomic E-state index is 10.7. The highest BCUT2D eigenvalue weighted by atomic mass is 16.9. The van der Waals surface area contributed by atoms with E-state index in [1.54, 1.807) is 0 Å². The van der Waals surface area contributed by atoms with Crippen molar-refractivity contribution < 1.29 is 19.5 Å². The first kappa shape index (κ1) is 12.6. The zero-order valence-corrected chi connectivity index (χ0v) is 7.81. The molecule has 0 unspecified atom stereocenters. The summed E-state index contributed by atoms with van der Waals surface area (Å²) in [6, 6.07) is 0. The van der Waals surface area contributed by atoms with Crippen LogP contribution in [-0.4, -0.2) is 30.8 Å². The molecule has 0 rings (SSSR count). The lowest BCUT2D eigenvalue weighted by atomic mass is 10.3. The number of unbranched alkanes of at least 4 members (excludes halogenated alkanes) is 1. The zero-order valence-electron chi connectivity index (χ0n) is 7.81. The summed E-state index contributed by atoms with van der Waals surface area (Å²) in [7, 11) is 0. The second kappa shape index (κ2) is 8.24. The highest BCUT2D eigenvalue weighted by molar-refractivity contribution is 5.69. The zero-order chi connectivity index (χ0) is 10.8. The molecule has 0 spiro atoms. The van der Waals surface area contributed by atoms with Gasteiger partial charge in [0.2, 0.25) is 0 Å². The van der Waals surface area contributed by atoms with Crippen LogP contribution in [0.15, 0.2) is 0 Å². The Morgan fingerprint density at radius 1 is 1.36 bits per heavy atom. The average molecular weight is 206 g/mol. The molecule has 7 heteroatoms. The molecule has 0 radical (unpaired) electrons. The Morgan fingerprint density at radius 3 is 2.57 bits per heavy atom. The third kappa shape index (κ3) is 8.72. The van der Waals surface area contributed by atoms with Crippen molar-refractivity contribution in [2.24, 2.45) is 5.73 Å². The average Bonchev–Trinajstić information content (AvgIpc) is 2.11. The number of nitrogens with zero attached hydrogens (tertiary/aromatic N) is 1. The molecule has 0 amide bonds. The van der Waals surface area contributed by atoms with Crippen LogP contribution in [0.4, 0.5) is 0 Å². The van der Waals surface area contributed by atoms with E-state index in [1.165, 1.54) is 0 Å². The Hall–Kier alpha value is -1.37. The van der Waals surface area contributed by atoms with Gasteiger partial charge in [-0.2, -0.15) is 0 Å². The smallest absolute Gasteiger partial charge is 0.307 e. The summed E-state index contributed by atoms with van der Waals surface area (Å²) in [6.07, 6.45) is 1.23. The first-order chi connectivity index (χ1) is 6.66. The summed E-state index contributed by atoms with van der Waals surface area (Å²) < 4.78 is 4.75. The lowest BCUT2D eigenvalue weighted by Crippen LogP contribution is -2.12. The molecule has 0 aliphatic heterocycles. The molecule has 0 aromatic rings. The predicted molar refractivity (Wildman–Crippen MR) is 46.8 cm³/mol. The second-order valence-electron chi connectivity index (χ2n) is 2.52. The maximum Gasteiger partial charge on any atom is 0.307 e. The molecule has 0 saturated carbocycles. The van der Waals surface area contributed by atoms with Crippen molar-refractivity contribution in [1.29, 1.82) is 0 Å². The van der Waals surface area contributed by atoms with Gasteiger partial charge in [0.1, 0.15) is 0 Å². The van der Waals surface area contributed by atoms with E-state index >= 15 is 0 Å². The second-order valence-corrected chi connectivity index (χ2v) is 2.52. The molecule has 0 aromatic carbocycles. The van der Waals surface area contributed by atoms with Crippen LogP contribution in [0.2, 0.25) is 0 Å². The molecule has 0 aliphatic carbocycles. The van der Waals surface area contributed by atoms with Crippen molar-refractivity contribution in [1.82, 2.24) is 0 Å². The largest absolute Gasteiger partial charge is 0.466 e. The minimum absolute atomic E-state index is 0.0292. The molecule has 7 nitrogen and oxygen atoms in total. The summed E-state index contributed by atoms with van der Waals surface area (Å²) >= 11 is 0. The van der Waals surface area contributed by atoms with Crippen molar-refractivity contribution in [2.75, 3.05) is 19.8 Å². The third-order valence-corrected chi connectivity index (χ3v) is 1.35. The molecule has 0 aliphatic rings. The van der Waals surface area contributed by atoms with Crippen molar-refractivity contribution in [3.63, 3.8) is 0 Å². The molecule has 0 bridgehead atoms. The monoisotopic (exact) mass is 206 g/mol. The number of hydrogen-bond donors (Lipinski definition) is 1. The quantitative estimate of drug-likeness (QED) is 0.256. The highest BCUT2D eigenvalue weighted by Crippen LogP contribution is 1.93. The summed E-state index contributed by atoms with van der Waals surface area (Å²) in [6.45, 7) is 0.546. The van der Waals surface area contributed by atoms with Crippen LogP contribution in [0, 0.1) is 10.1 Å². The van der Waals surface area contributed by atoms with E-state index in [9.17, 15) is 14.9 Å². The highest BCUT2D eigenvalue weighted by Gasteiger charge is 2.00. The molecule has 0 fully saturated rings. The Kier molecular flexibility index (Phi) is 7.43. The Bertz CT molecular complexity index is 185. The van der Waals surface area contributed by atoms with E-state index in [0.717, 1.165) is 0 Å². The predicted octanol–water partition coefficient (Wildman–Crippen LogP) is -0.133. The van der Waals surface area contributed by atoms with Gasteiger partial charge in [-0.15, -0.1) is 10.1 Å². The van der Waals surface area contributed by atoms with Crippen molar-refractivity contribution in [2.45, 2.75) is 19.3 Å². The fourth-order valence-corrected chi connectivity index (χ4v) is 0.719. The number of carbonyl (C=O) groups is 1. The van der Waals surface area contributed by atoms with E-state index in [2.05, 4.69) is 4.84 Å². The van der Waals surface area contributed by atoms with E-state index in [0.29, 0.717) is 12.8 Å². The normalized spacial score (nSPS) is 9.50. The van der Waals surface area contributed by atoms with Gasteiger partial charge in [-0.25, -0.2) is 0 Å². The summed E-state index contributed by atoms with van der Waals surface area (Å²) in [5.74, 6) is -0.345. The van der Waals surface area contributed by atoms with Gasteiger partial charge >= 0.3 is 5.97 Å². The van der Waals surface area contributed by atoms with Gasteiger partial charge in [0.05, 0.1) is 19.6 Å². The van der Waals surface area contributed by atoms with Crippen molar-refractivity contribution in [3.05, 3.63) is 10.1 Å². The van der Waals surface area contributed by atoms with Gasteiger partial charge in [-0.3, -0.25) is 4.79 Å². The third-order valence-electron chi connectivity index (χ3n) is 1.35. The molecule has 2 N–H and O–H groups in total. The van der Waals surface area contributed by atoms with E-state index in [4.69, 9.17) is 10.5 Å². The number of ether oxygens (including phenoxy) is 1. The van der Waals surface area contributed by atoms with Gasteiger partial charge in [0.25, 0.3) is 5.09 Å². The molecular formula is C7H14N2O5. The number of carbonyl (C=O) groups excluding carboxylic acids is 1. The van der Waals surface area contributed by atoms with Crippen LogP contribution in [0.25, 0.3) is 0 Å². The molecule has 0 aromatic heterocycles. The number of hydrogen-bond acceptors (Lipinski definition) is 6. The van der Waals surface area contributed by atoms with Crippen LogP contribution in [0.1, 0.15) is 19.3 Å². The Balaban J connectivity index is 3.13. The van der Waals surface area contributed by atoms with E-state index in [1.807, 2.05) is 0 Å². The van der Waals surface area contributed by atoms with Crippen molar-refractivity contribution >= 4 is 5.97 Å². The summed E-state index contributed by atoms with van der Waals surface area (Å²) in [4.78, 5) is 24.5. The first-order valence-corrected chi connectivity index (χ1v) is 4.30. The SMILES string of the molecule is NCCC(=O)OCCCCO[N+](=O)[O-]. The lowest BCUT2D eigenvalue weighted by Gasteiger charge is -2.02. The Labute approximate surface area is 81.3 Å². The van der Waals surface area contributed by atoms with Crippen molar-refractivity contribution in [3.8, 4) is 0 Å². The maximum atomic E-state index is 10.7. The van der Waals surface area contributed by atoms with Crippen LogP contribution >= 0.6 is 0 Å². The van der Waals surface area contributed by atoms with Gasteiger partial charge in [0.15, 0.2) is 0 Å². The number of nitrogens with two attached hydrogens (primary N) is 1. The van der Waals surface area contributed by atoms with Gasteiger partial charge < -0.3 is 15.3 Å². The molecule has 0 atom stereocenters. The summed E-state index contributed by atoms with van der Waals surface area (Å²) in [5.41, 5.74) is 5.12. The van der Waals surface area contributed by atoms with Crippen LogP contribution < -0.4 is 5.73 Å². The molecule has 0 heterocycles. The van der Waals surface area contributed by atoms with Crippen LogP contribution in [-0.2, 0) is 14.4 Å². The van der Waals surface area contributed by atoms with E-state index in [-0.39, 0.29) is 32.1 Å². The van der Waals surface area contributed by atoms with Gasteiger partial charge in [0, 0.05) is 6.54 Å². The lowest BCUT2D eigenvalue weighted by molar-refractivity contribution is -0.757. The number of rotatable bonds is 8. The molecular weight excluding hydrogens is 192 g/mol. The number of esters is 1. The fraction of sp³-hybridized carbons (Fsp3) is 0.857. The van der Waals surface area contributed by atoms with Crippen LogP contribution in [0.5, 0.6) is 0 Å². The minimum Gasteiger partial charge on any atom is -0.466 e. The van der Waals surface area contributed by atoms with Gasteiger partial charge in [-0.1, -0.05) is 0 Å². The minimum atomic E-state index is -0.847. The molecule has 82 valence electrons. The van der Waals surface area contributed by atoms with Gasteiger partial charge in [-0.05, 0) is 12.8 Å². The van der Waals surface area contributed by atoms with Crippen LogP contribution in [0.3, 0.4) is 0 Å². The fourth-order valence-electron chi connectivity index (χ4n) is 0.719. The topological polar surface area (TPSA) is 105 Å². The first-order valence-electron chi connectivity index (χ1n) is 4.30. The Morgan fingerprint density at radius 2 is 2.00 bits per heavy atom. The summed E-state index contributed by atoms with van der Waals surface area (Å²) in [5, 5.41) is 8.86. The molecule has 14 heavy (non-hydrogen) atoms. The van der Waals surface area contributed by atoms with E-state index < -0.39 is 5.09 Å².